The number of aliphatic hydroxyl groups excluding tert-OH is 1. The van der Waals surface area contributed by atoms with Gasteiger partial charge >= 0.3 is 12.1 Å². The lowest BCUT2D eigenvalue weighted by molar-refractivity contribution is -0.206. The molecule has 0 heterocycles. The van der Waals surface area contributed by atoms with Gasteiger partial charge in [0.2, 0.25) is 0 Å². The number of hydrogen-bond donors (Lipinski definition) is 1. The molecular formula is C11H11F3O4. The van der Waals surface area contributed by atoms with Gasteiger partial charge in [0.1, 0.15) is 12.4 Å². The quantitative estimate of drug-likeness (QED) is 0.666. The van der Waals surface area contributed by atoms with Gasteiger partial charge in [-0.1, -0.05) is 12.1 Å². The van der Waals surface area contributed by atoms with E-state index < -0.39 is 18.2 Å². The first-order chi connectivity index (χ1) is 8.34. The molecule has 0 radical (unpaired) electrons. The summed E-state index contributed by atoms with van der Waals surface area (Å²) in [6, 6.07) is 4.40. The Morgan fingerprint density at radius 1 is 1.33 bits per heavy atom. The molecule has 0 saturated carbocycles. The van der Waals surface area contributed by atoms with Gasteiger partial charge < -0.3 is 14.6 Å². The van der Waals surface area contributed by atoms with Crippen molar-refractivity contribution < 1.29 is 32.5 Å². The van der Waals surface area contributed by atoms with E-state index in [1.807, 2.05) is 0 Å². The van der Waals surface area contributed by atoms with Gasteiger partial charge in [0.15, 0.2) is 6.10 Å². The normalized spacial score (nSPS) is 13.2. The number of aliphatic hydroxyl groups is 1. The second-order valence-electron chi connectivity index (χ2n) is 3.42. The van der Waals surface area contributed by atoms with Crippen LogP contribution in [0.5, 0.6) is 5.75 Å². The second-order valence-corrected chi connectivity index (χ2v) is 3.42. The molecule has 0 aliphatic heterocycles. The van der Waals surface area contributed by atoms with Gasteiger partial charge in [-0.15, -0.1) is 0 Å². The molecule has 7 heteroatoms. The maximum Gasteiger partial charge on any atom is 0.418 e. The van der Waals surface area contributed by atoms with Gasteiger partial charge in [0.05, 0.1) is 0 Å². The number of methoxy groups -OCH3 is 1. The number of carbonyl (C=O) groups excluding carboxylic acids is 1. The Morgan fingerprint density at radius 2 is 1.89 bits per heavy atom. The zero-order valence-electron chi connectivity index (χ0n) is 9.40. The smallest absolute Gasteiger partial charge is 0.418 e. The van der Waals surface area contributed by atoms with Crippen molar-refractivity contribution in [1.29, 1.82) is 0 Å². The molecule has 0 spiro atoms. The summed E-state index contributed by atoms with van der Waals surface area (Å²) in [6.07, 6.45) is -7.28. The van der Waals surface area contributed by atoms with E-state index >= 15 is 0 Å². The fourth-order valence-electron chi connectivity index (χ4n) is 1.19. The molecule has 0 amide bonds. The third-order valence-electron chi connectivity index (χ3n) is 2.00. The molecule has 1 N–H and O–H groups in total. The summed E-state index contributed by atoms with van der Waals surface area (Å²) in [5, 5.41) is 8.96. The zero-order chi connectivity index (χ0) is 13.8. The standard InChI is InChI=1S/C11H11F3O4/c1-17-6-9(15)18-8-4-2-7(3-5-8)10(16)11(12,13)14/h2-5,10,16H,6H2,1H3. The fourth-order valence-corrected chi connectivity index (χ4v) is 1.19. The second kappa shape index (κ2) is 5.83. The van der Waals surface area contributed by atoms with Crippen molar-refractivity contribution in [3.05, 3.63) is 29.8 Å². The number of benzene rings is 1. The topological polar surface area (TPSA) is 55.8 Å². The average Bonchev–Trinajstić information content (AvgIpc) is 2.28. The Bertz CT molecular complexity index is 400. The Kier molecular flexibility index (Phi) is 4.69. The van der Waals surface area contributed by atoms with Crippen molar-refractivity contribution in [3.63, 3.8) is 0 Å². The lowest BCUT2D eigenvalue weighted by Gasteiger charge is -2.14. The molecule has 1 aromatic rings. The van der Waals surface area contributed by atoms with Crippen LogP contribution in [-0.4, -0.2) is 31.0 Å². The fraction of sp³-hybridized carbons (Fsp3) is 0.364. The van der Waals surface area contributed by atoms with E-state index in [-0.39, 0.29) is 17.9 Å². The van der Waals surface area contributed by atoms with Crippen LogP contribution in [0.25, 0.3) is 0 Å². The van der Waals surface area contributed by atoms with Crippen molar-refractivity contribution >= 4 is 5.97 Å². The predicted molar refractivity (Wildman–Crippen MR) is 55.0 cm³/mol. The minimum absolute atomic E-state index is 0.0789. The molecule has 1 rings (SSSR count). The maximum atomic E-state index is 12.2. The largest absolute Gasteiger partial charge is 0.425 e. The van der Waals surface area contributed by atoms with Gasteiger partial charge in [0, 0.05) is 7.11 Å². The minimum atomic E-state index is -4.73. The Hall–Kier alpha value is -1.60. The van der Waals surface area contributed by atoms with Crippen LogP contribution in [0.15, 0.2) is 24.3 Å². The van der Waals surface area contributed by atoms with Crippen LogP contribution >= 0.6 is 0 Å². The number of ether oxygens (including phenoxy) is 2. The highest BCUT2D eigenvalue weighted by molar-refractivity contribution is 5.73. The summed E-state index contributed by atoms with van der Waals surface area (Å²) in [4.78, 5) is 11.0. The van der Waals surface area contributed by atoms with Crippen LogP contribution in [0.2, 0.25) is 0 Å². The van der Waals surface area contributed by atoms with E-state index in [1.165, 1.54) is 7.11 Å². The first-order valence-corrected chi connectivity index (χ1v) is 4.89. The molecule has 0 saturated heterocycles. The van der Waals surface area contributed by atoms with Crippen LogP contribution in [0.1, 0.15) is 11.7 Å². The molecule has 0 aliphatic rings. The van der Waals surface area contributed by atoms with E-state index in [0.29, 0.717) is 0 Å². The molecule has 0 fully saturated rings. The molecule has 1 atom stereocenters. The third-order valence-corrected chi connectivity index (χ3v) is 2.00. The lowest BCUT2D eigenvalue weighted by Crippen LogP contribution is -2.20. The maximum absolute atomic E-state index is 12.2. The summed E-state index contributed by atoms with van der Waals surface area (Å²) in [7, 11) is 1.31. The summed E-state index contributed by atoms with van der Waals surface area (Å²) in [5.41, 5.74) is -0.325. The number of hydrogen-bond acceptors (Lipinski definition) is 4. The molecular weight excluding hydrogens is 253 g/mol. The molecule has 4 nitrogen and oxygen atoms in total. The Balaban J connectivity index is 2.71. The Labute approximate surface area is 101 Å². The summed E-state index contributed by atoms with van der Waals surface area (Å²) >= 11 is 0. The van der Waals surface area contributed by atoms with E-state index in [1.54, 1.807) is 0 Å². The number of halogens is 3. The van der Waals surface area contributed by atoms with Gasteiger partial charge in [-0.3, -0.25) is 0 Å². The number of alkyl halides is 3. The predicted octanol–water partition coefficient (Wildman–Crippen LogP) is 1.83. The molecule has 1 aromatic carbocycles. The van der Waals surface area contributed by atoms with Crippen molar-refractivity contribution in [3.8, 4) is 5.75 Å². The van der Waals surface area contributed by atoms with Gasteiger partial charge in [-0.05, 0) is 17.7 Å². The molecule has 0 aliphatic carbocycles. The van der Waals surface area contributed by atoms with Crippen LogP contribution < -0.4 is 4.74 Å². The summed E-state index contributed by atoms with van der Waals surface area (Å²) in [6.45, 7) is -0.257. The highest BCUT2D eigenvalue weighted by atomic mass is 19.4. The first kappa shape index (κ1) is 14.5. The van der Waals surface area contributed by atoms with Gasteiger partial charge in [-0.25, -0.2) is 4.79 Å². The number of esters is 1. The highest BCUT2D eigenvalue weighted by Crippen LogP contribution is 2.32. The first-order valence-electron chi connectivity index (χ1n) is 4.89. The van der Waals surface area contributed by atoms with Crippen molar-refractivity contribution in [2.24, 2.45) is 0 Å². The molecule has 0 aromatic heterocycles. The molecule has 1 unspecified atom stereocenters. The molecule has 0 bridgehead atoms. The van der Waals surface area contributed by atoms with Crippen molar-refractivity contribution in [1.82, 2.24) is 0 Å². The third kappa shape index (κ3) is 4.01. The average molecular weight is 264 g/mol. The van der Waals surface area contributed by atoms with E-state index in [9.17, 15) is 18.0 Å². The van der Waals surface area contributed by atoms with Crippen molar-refractivity contribution in [2.45, 2.75) is 12.3 Å². The van der Waals surface area contributed by atoms with Gasteiger partial charge in [0.25, 0.3) is 0 Å². The number of carbonyl (C=O) groups is 1. The van der Waals surface area contributed by atoms with Gasteiger partial charge in [-0.2, -0.15) is 13.2 Å². The van der Waals surface area contributed by atoms with Crippen molar-refractivity contribution in [2.75, 3.05) is 13.7 Å². The van der Waals surface area contributed by atoms with Crippen LogP contribution in [0.4, 0.5) is 13.2 Å². The van der Waals surface area contributed by atoms with Crippen LogP contribution in [-0.2, 0) is 9.53 Å². The van der Waals surface area contributed by atoms with Crippen LogP contribution in [0, 0.1) is 0 Å². The van der Waals surface area contributed by atoms with E-state index in [4.69, 9.17) is 9.84 Å². The monoisotopic (exact) mass is 264 g/mol. The number of rotatable bonds is 4. The van der Waals surface area contributed by atoms with Crippen LogP contribution in [0.3, 0.4) is 0 Å². The molecule has 18 heavy (non-hydrogen) atoms. The lowest BCUT2D eigenvalue weighted by atomic mass is 10.1. The van der Waals surface area contributed by atoms with E-state index in [0.717, 1.165) is 24.3 Å². The minimum Gasteiger partial charge on any atom is -0.425 e. The SMILES string of the molecule is COCC(=O)Oc1ccc(C(O)C(F)(F)F)cc1. The molecule has 100 valence electrons. The Morgan fingerprint density at radius 3 is 2.33 bits per heavy atom. The summed E-state index contributed by atoms with van der Waals surface area (Å²) in [5.74, 6) is -0.586. The zero-order valence-corrected chi connectivity index (χ0v) is 9.40. The van der Waals surface area contributed by atoms with E-state index in [2.05, 4.69) is 4.74 Å². The highest BCUT2D eigenvalue weighted by Gasteiger charge is 2.39. The summed E-state index contributed by atoms with van der Waals surface area (Å²) < 4.78 is 45.8.